The largest absolute Gasteiger partial charge is 0.469 e. The summed E-state index contributed by atoms with van der Waals surface area (Å²) in [6, 6.07) is 8.09. The average Bonchev–Trinajstić information content (AvgIpc) is 3.55. The number of benzene rings is 1. The second-order valence-electron chi connectivity index (χ2n) is 10.5. The Bertz CT molecular complexity index is 1460. The molecule has 0 amide bonds. The van der Waals surface area contributed by atoms with E-state index in [2.05, 4.69) is 34.1 Å². The van der Waals surface area contributed by atoms with Crippen LogP contribution in [0.5, 0.6) is 0 Å². The van der Waals surface area contributed by atoms with Crippen LogP contribution >= 0.6 is 23.2 Å². The first kappa shape index (κ1) is 27.6. The number of methoxy groups -OCH3 is 1. The van der Waals surface area contributed by atoms with Gasteiger partial charge in [-0.1, -0.05) is 42.3 Å². The van der Waals surface area contributed by atoms with Crippen LogP contribution in [0.1, 0.15) is 75.4 Å². The smallest absolute Gasteiger partial charge is 0.305 e. The average molecular weight is 568 g/mol. The van der Waals surface area contributed by atoms with E-state index in [1.807, 2.05) is 13.0 Å². The summed E-state index contributed by atoms with van der Waals surface area (Å²) < 4.78 is 6.58. The topological polar surface area (TPSA) is 96.9 Å². The number of allylic oxidation sites excluding steroid dienone is 1. The number of carbonyl (C=O) groups is 1. The molecule has 3 heterocycles. The predicted molar refractivity (Wildman–Crippen MR) is 151 cm³/mol. The molecule has 1 fully saturated rings. The molecule has 2 aliphatic rings. The summed E-state index contributed by atoms with van der Waals surface area (Å²) in [7, 11) is 1.45. The lowest BCUT2D eigenvalue weighted by atomic mass is 9.84. The number of rotatable bonds is 7. The maximum atomic E-state index is 11.7. The molecule has 3 aromatic rings. The minimum absolute atomic E-state index is 0.138. The second kappa shape index (κ2) is 11.6. The van der Waals surface area contributed by atoms with Gasteiger partial charge >= 0.3 is 5.97 Å². The molecule has 8 nitrogen and oxygen atoms in total. The molecule has 4 atom stereocenters. The summed E-state index contributed by atoms with van der Waals surface area (Å²) in [5, 5.41) is 15.3. The van der Waals surface area contributed by atoms with Crippen molar-refractivity contribution in [3.8, 4) is 6.07 Å². The SMILES string of the molecule is COC(=O)CC[C@@H]1CCCN1C1CCC(c2cnc3c(C#N)nn(C(C)c4ccc(Cl)cc4Cl)c3n2)=CC1C. The van der Waals surface area contributed by atoms with Gasteiger partial charge in [0.2, 0.25) is 0 Å². The Hall–Kier alpha value is -2.99. The number of esters is 1. The first-order chi connectivity index (χ1) is 18.8. The van der Waals surface area contributed by atoms with Crippen LogP contribution in [0, 0.1) is 17.2 Å². The molecule has 204 valence electrons. The molecule has 0 bridgehead atoms. The maximum Gasteiger partial charge on any atom is 0.305 e. The van der Waals surface area contributed by atoms with Crippen LogP contribution in [-0.2, 0) is 9.53 Å². The van der Waals surface area contributed by atoms with Crippen molar-refractivity contribution in [1.82, 2.24) is 24.6 Å². The van der Waals surface area contributed by atoms with Crippen LogP contribution in [0.4, 0.5) is 0 Å². The number of hydrogen-bond donors (Lipinski definition) is 0. The molecule has 0 spiro atoms. The zero-order valence-electron chi connectivity index (χ0n) is 22.4. The summed E-state index contributed by atoms with van der Waals surface area (Å²) in [4.78, 5) is 23.9. The van der Waals surface area contributed by atoms with Gasteiger partial charge in [-0.2, -0.15) is 10.4 Å². The van der Waals surface area contributed by atoms with Gasteiger partial charge in [-0.25, -0.2) is 14.6 Å². The first-order valence-corrected chi connectivity index (χ1v) is 14.2. The van der Waals surface area contributed by atoms with Crippen molar-refractivity contribution in [2.75, 3.05) is 13.7 Å². The van der Waals surface area contributed by atoms with Crippen LogP contribution < -0.4 is 0 Å². The molecule has 10 heteroatoms. The molecule has 0 N–H and O–H groups in total. The quantitative estimate of drug-likeness (QED) is 0.313. The molecule has 0 saturated carbocycles. The number of hydrogen-bond acceptors (Lipinski definition) is 7. The highest BCUT2D eigenvalue weighted by Gasteiger charge is 2.35. The Morgan fingerprint density at radius 1 is 1.31 bits per heavy atom. The Kier molecular flexibility index (Phi) is 8.22. The lowest BCUT2D eigenvalue weighted by Crippen LogP contribution is -2.43. The summed E-state index contributed by atoms with van der Waals surface area (Å²) >= 11 is 12.6. The minimum atomic E-state index is -0.273. The number of aromatic nitrogens is 4. The fourth-order valence-electron chi connectivity index (χ4n) is 6.13. The van der Waals surface area contributed by atoms with Crippen molar-refractivity contribution < 1.29 is 9.53 Å². The van der Waals surface area contributed by atoms with E-state index in [4.69, 9.17) is 32.9 Å². The third kappa shape index (κ3) is 5.54. The molecular formula is C29H32Cl2N6O2. The fraction of sp³-hybridized carbons (Fsp3) is 0.483. The number of fused-ring (bicyclic) bond motifs is 1. The number of nitrogens with zero attached hydrogens (tertiary/aromatic N) is 6. The van der Waals surface area contributed by atoms with E-state index in [0.29, 0.717) is 45.6 Å². The van der Waals surface area contributed by atoms with E-state index >= 15 is 0 Å². The van der Waals surface area contributed by atoms with Gasteiger partial charge in [-0.3, -0.25) is 9.69 Å². The lowest BCUT2D eigenvalue weighted by Gasteiger charge is -2.38. The van der Waals surface area contributed by atoms with Gasteiger partial charge in [0.1, 0.15) is 11.6 Å². The maximum absolute atomic E-state index is 11.7. The highest BCUT2D eigenvalue weighted by molar-refractivity contribution is 6.35. The summed E-state index contributed by atoms with van der Waals surface area (Å²) in [5.74, 6) is 0.192. The van der Waals surface area contributed by atoms with Crippen LogP contribution in [0.3, 0.4) is 0 Å². The second-order valence-corrected chi connectivity index (χ2v) is 11.3. The third-order valence-electron chi connectivity index (χ3n) is 8.16. The molecule has 1 aliphatic heterocycles. The van der Waals surface area contributed by atoms with Crippen LogP contribution in [0.2, 0.25) is 10.0 Å². The Morgan fingerprint density at radius 2 is 2.13 bits per heavy atom. The number of halogens is 2. The molecule has 39 heavy (non-hydrogen) atoms. The van der Waals surface area contributed by atoms with Gasteiger partial charge in [0.05, 0.1) is 25.0 Å². The molecule has 5 rings (SSSR count). The predicted octanol–water partition coefficient (Wildman–Crippen LogP) is 6.21. The molecule has 2 aromatic heterocycles. The zero-order valence-corrected chi connectivity index (χ0v) is 23.9. The van der Waals surface area contributed by atoms with E-state index < -0.39 is 0 Å². The third-order valence-corrected chi connectivity index (χ3v) is 8.72. The van der Waals surface area contributed by atoms with Gasteiger partial charge in [0.15, 0.2) is 11.3 Å². The van der Waals surface area contributed by atoms with Crippen molar-refractivity contribution in [2.24, 2.45) is 5.92 Å². The van der Waals surface area contributed by atoms with Crippen molar-refractivity contribution >= 4 is 45.9 Å². The highest BCUT2D eigenvalue weighted by Crippen LogP contribution is 2.37. The van der Waals surface area contributed by atoms with E-state index in [-0.39, 0.29) is 17.7 Å². The van der Waals surface area contributed by atoms with Gasteiger partial charge in [-0.15, -0.1) is 0 Å². The van der Waals surface area contributed by atoms with Crippen LogP contribution in [0.25, 0.3) is 16.7 Å². The van der Waals surface area contributed by atoms with Gasteiger partial charge < -0.3 is 4.74 Å². The van der Waals surface area contributed by atoms with Crippen molar-refractivity contribution in [3.05, 3.63) is 57.5 Å². The lowest BCUT2D eigenvalue weighted by molar-refractivity contribution is -0.141. The van der Waals surface area contributed by atoms with E-state index in [0.717, 1.165) is 55.5 Å². The number of carbonyl (C=O) groups excluding carboxylic acids is 1. The minimum Gasteiger partial charge on any atom is -0.469 e. The Labute approximate surface area is 238 Å². The molecule has 1 aromatic carbocycles. The Morgan fingerprint density at radius 3 is 2.85 bits per heavy atom. The molecule has 1 saturated heterocycles. The first-order valence-electron chi connectivity index (χ1n) is 13.4. The van der Waals surface area contributed by atoms with E-state index in [1.54, 1.807) is 23.0 Å². The van der Waals surface area contributed by atoms with Crippen molar-refractivity contribution in [1.29, 1.82) is 5.26 Å². The molecular weight excluding hydrogens is 535 g/mol. The molecule has 1 aliphatic carbocycles. The molecule has 3 unspecified atom stereocenters. The summed E-state index contributed by atoms with van der Waals surface area (Å²) in [6.45, 7) is 5.29. The van der Waals surface area contributed by atoms with Crippen LogP contribution in [-0.4, -0.2) is 56.4 Å². The fourth-order valence-corrected chi connectivity index (χ4v) is 6.70. The zero-order chi connectivity index (χ0) is 27.7. The van der Waals surface area contributed by atoms with Gasteiger partial charge in [-0.05, 0) is 74.8 Å². The normalized spacial score (nSPS) is 22.5. The summed E-state index contributed by atoms with van der Waals surface area (Å²) in [6.07, 6.45) is 9.56. The van der Waals surface area contributed by atoms with Gasteiger partial charge in [0.25, 0.3) is 0 Å². The van der Waals surface area contributed by atoms with Crippen molar-refractivity contribution in [2.45, 2.75) is 70.5 Å². The number of nitriles is 1. The van der Waals surface area contributed by atoms with E-state index in [1.165, 1.54) is 7.11 Å². The number of likely N-dealkylation sites (tertiary alicyclic amines) is 1. The van der Waals surface area contributed by atoms with Crippen molar-refractivity contribution in [3.63, 3.8) is 0 Å². The standard InChI is InChI=1S/C29H32Cl2N6O2/c1-17-13-19(6-10-26(17)36-12-4-5-21(36)8-11-27(38)39-3)25-16-33-28-24(15-32)35-37(29(28)34-25)18(2)22-9-7-20(30)14-23(22)31/h7,9,13-14,16-18,21,26H,4-6,8,10-12H2,1-3H3/t17?,18?,21-,26?/m0/s1. The Balaban J connectivity index is 1.41. The monoisotopic (exact) mass is 566 g/mol. The van der Waals surface area contributed by atoms with Gasteiger partial charge in [0, 0.05) is 28.5 Å². The summed E-state index contributed by atoms with van der Waals surface area (Å²) in [5.41, 5.74) is 4.06. The van der Waals surface area contributed by atoms with Crippen LogP contribution in [0.15, 0.2) is 30.5 Å². The van der Waals surface area contributed by atoms with E-state index in [9.17, 15) is 10.1 Å². The highest BCUT2D eigenvalue weighted by atomic mass is 35.5. The number of ether oxygens (including phenoxy) is 1. The molecule has 0 radical (unpaired) electrons.